The molecule has 2 heterocycles. The Bertz CT molecular complexity index is 504. The number of piperidine rings is 1. The molecule has 1 aliphatic heterocycles. The quantitative estimate of drug-likeness (QED) is 0.781. The van der Waals surface area contributed by atoms with Crippen molar-refractivity contribution in [2.75, 3.05) is 24.2 Å². The average Bonchev–Trinajstić information content (AvgIpc) is 2.28. The predicted octanol–water partition coefficient (Wildman–Crippen LogP) is 1.85. The fourth-order valence-electron chi connectivity index (χ4n) is 2.03. The van der Waals surface area contributed by atoms with Crippen molar-refractivity contribution < 1.29 is 8.42 Å². The van der Waals surface area contributed by atoms with Gasteiger partial charge < -0.3 is 4.90 Å². The topological polar surface area (TPSA) is 50.3 Å². The van der Waals surface area contributed by atoms with Crippen molar-refractivity contribution in [1.29, 1.82) is 0 Å². The van der Waals surface area contributed by atoms with Crippen molar-refractivity contribution in [2.45, 2.75) is 22.6 Å². The van der Waals surface area contributed by atoms with E-state index in [1.165, 1.54) is 6.26 Å². The maximum Gasteiger partial charge on any atom is 0.179 e. The van der Waals surface area contributed by atoms with Crippen LogP contribution in [0.5, 0.6) is 0 Å². The zero-order valence-electron chi connectivity index (χ0n) is 9.63. The van der Waals surface area contributed by atoms with Crippen LogP contribution in [0.4, 0.5) is 5.82 Å². The molecule has 0 radical (unpaired) electrons. The summed E-state index contributed by atoms with van der Waals surface area (Å²) in [5.74, 6) is 0.583. The lowest BCUT2D eigenvalue weighted by atomic mass is 10.1. The first-order chi connectivity index (χ1) is 7.98. The lowest BCUT2D eigenvalue weighted by Gasteiger charge is -2.31. The molecule has 0 aliphatic carbocycles. The lowest BCUT2D eigenvalue weighted by Crippen LogP contribution is -2.37. The molecule has 4 nitrogen and oxygen atoms in total. The molecule has 1 aliphatic rings. The summed E-state index contributed by atoms with van der Waals surface area (Å²) in [6, 6.07) is 3.28. The van der Waals surface area contributed by atoms with Crippen molar-refractivity contribution in [3.8, 4) is 0 Å². The molecule has 0 N–H and O–H groups in total. The smallest absolute Gasteiger partial charge is 0.179 e. The Morgan fingerprint density at radius 1 is 1.53 bits per heavy atom. The van der Waals surface area contributed by atoms with E-state index in [2.05, 4.69) is 20.9 Å². The number of aromatic nitrogens is 1. The number of alkyl halides is 1. The highest BCUT2D eigenvalue weighted by atomic mass is 79.9. The van der Waals surface area contributed by atoms with Crippen LogP contribution in [-0.4, -0.2) is 37.6 Å². The van der Waals surface area contributed by atoms with E-state index in [9.17, 15) is 8.42 Å². The molecule has 0 bridgehead atoms. The number of anilines is 1. The first-order valence-corrected chi connectivity index (χ1v) is 8.33. The highest BCUT2D eigenvalue weighted by Gasteiger charge is 2.23. The van der Waals surface area contributed by atoms with Crippen molar-refractivity contribution in [3.63, 3.8) is 0 Å². The largest absolute Gasteiger partial charge is 0.354 e. The zero-order valence-corrected chi connectivity index (χ0v) is 12.0. The van der Waals surface area contributed by atoms with Crippen LogP contribution < -0.4 is 4.90 Å². The van der Waals surface area contributed by atoms with Gasteiger partial charge in [-0.25, -0.2) is 13.4 Å². The van der Waals surface area contributed by atoms with Crippen LogP contribution in [0.2, 0.25) is 0 Å². The monoisotopic (exact) mass is 318 g/mol. The van der Waals surface area contributed by atoms with E-state index >= 15 is 0 Å². The number of rotatable bonds is 2. The van der Waals surface area contributed by atoms with Crippen molar-refractivity contribution >= 4 is 31.6 Å². The van der Waals surface area contributed by atoms with E-state index in [1.807, 2.05) is 4.90 Å². The standard InChI is InChI=1S/C11H15BrN2O2S/c1-17(15,16)10-5-2-6-13-11(10)14-7-3-4-9(12)8-14/h2,5-6,9H,3-4,7-8H2,1H3. The fourth-order valence-corrected chi connectivity index (χ4v) is 3.54. The molecule has 0 saturated carbocycles. The van der Waals surface area contributed by atoms with Gasteiger partial charge in [-0.05, 0) is 25.0 Å². The normalized spacial score (nSPS) is 21.5. The van der Waals surface area contributed by atoms with Gasteiger partial charge in [0.1, 0.15) is 10.7 Å². The minimum atomic E-state index is -3.22. The Balaban J connectivity index is 2.38. The van der Waals surface area contributed by atoms with Crippen LogP contribution in [0.1, 0.15) is 12.8 Å². The van der Waals surface area contributed by atoms with Crippen LogP contribution in [0, 0.1) is 0 Å². The third-order valence-electron chi connectivity index (χ3n) is 2.81. The van der Waals surface area contributed by atoms with Crippen LogP contribution in [0.3, 0.4) is 0 Å². The number of nitrogens with zero attached hydrogens (tertiary/aromatic N) is 2. The van der Waals surface area contributed by atoms with E-state index in [4.69, 9.17) is 0 Å². The molecule has 1 aromatic heterocycles. The first-order valence-electron chi connectivity index (χ1n) is 5.52. The van der Waals surface area contributed by atoms with Crippen LogP contribution >= 0.6 is 15.9 Å². The number of sulfone groups is 1. The van der Waals surface area contributed by atoms with Gasteiger partial charge >= 0.3 is 0 Å². The van der Waals surface area contributed by atoms with Crippen molar-refractivity contribution in [3.05, 3.63) is 18.3 Å². The SMILES string of the molecule is CS(=O)(=O)c1cccnc1N1CCCC(Br)C1. The molecule has 1 unspecified atom stereocenters. The lowest BCUT2D eigenvalue weighted by molar-refractivity contribution is 0.581. The highest BCUT2D eigenvalue weighted by molar-refractivity contribution is 9.09. The summed E-state index contributed by atoms with van der Waals surface area (Å²) >= 11 is 3.58. The Morgan fingerprint density at radius 3 is 2.94 bits per heavy atom. The number of hydrogen-bond acceptors (Lipinski definition) is 4. The summed E-state index contributed by atoms with van der Waals surface area (Å²) in [7, 11) is -3.22. The van der Waals surface area contributed by atoms with Gasteiger partial charge in [0.25, 0.3) is 0 Å². The Labute approximate surface area is 110 Å². The molecule has 1 saturated heterocycles. The second-order valence-electron chi connectivity index (χ2n) is 4.28. The maximum absolute atomic E-state index is 11.7. The molecular formula is C11H15BrN2O2S. The van der Waals surface area contributed by atoms with Crippen LogP contribution in [0.25, 0.3) is 0 Å². The van der Waals surface area contributed by atoms with E-state index < -0.39 is 9.84 Å². The minimum Gasteiger partial charge on any atom is -0.354 e. The predicted molar refractivity (Wildman–Crippen MR) is 71.5 cm³/mol. The third kappa shape index (κ3) is 2.98. The van der Waals surface area contributed by atoms with Crippen LogP contribution in [0.15, 0.2) is 23.2 Å². The van der Waals surface area contributed by atoms with Gasteiger partial charge in [0.05, 0.1) is 0 Å². The first kappa shape index (κ1) is 12.8. The third-order valence-corrected chi connectivity index (χ3v) is 4.68. The summed E-state index contributed by atoms with van der Waals surface area (Å²) in [5, 5.41) is 0. The molecular weight excluding hydrogens is 304 g/mol. The summed E-state index contributed by atoms with van der Waals surface area (Å²) < 4.78 is 23.4. The number of hydrogen-bond donors (Lipinski definition) is 0. The molecule has 1 fully saturated rings. The van der Waals surface area contributed by atoms with Gasteiger partial charge in [-0.1, -0.05) is 15.9 Å². The molecule has 0 aromatic carbocycles. The molecule has 1 atom stereocenters. The van der Waals surface area contributed by atoms with E-state index in [0.717, 1.165) is 25.9 Å². The minimum absolute atomic E-state index is 0.321. The molecule has 0 spiro atoms. The Hall–Kier alpha value is -0.620. The summed E-state index contributed by atoms with van der Waals surface area (Å²) in [6.07, 6.45) is 5.04. The molecule has 2 rings (SSSR count). The average molecular weight is 319 g/mol. The second-order valence-corrected chi connectivity index (χ2v) is 7.56. The maximum atomic E-state index is 11.7. The van der Waals surface area contributed by atoms with Crippen molar-refractivity contribution in [1.82, 2.24) is 4.98 Å². The van der Waals surface area contributed by atoms with Gasteiger partial charge in [-0.3, -0.25) is 0 Å². The molecule has 94 valence electrons. The van der Waals surface area contributed by atoms with Crippen molar-refractivity contribution in [2.24, 2.45) is 0 Å². The van der Waals surface area contributed by atoms with Gasteiger partial charge in [-0.15, -0.1) is 0 Å². The number of pyridine rings is 1. The highest BCUT2D eigenvalue weighted by Crippen LogP contribution is 2.27. The van der Waals surface area contributed by atoms with Gasteiger partial charge in [0.15, 0.2) is 9.84 Å². The Morgan fingerprint density at radius 2 is 2.29 bits per heavy atom. The Kier molecular flexibility index (Phi) is 3.73. The summed E-state index contributed by atoms with van der Waals surface area (Å²) in [4.78, 5) is 7.00. The molecule has 6 heteroatoms. The zero-order chi connectivity index (χ0) is 12.5. The molecule has 17 heavy (non-hydrogen) atoms. The molecule has 0 amide bonds. The fraction of sp³-hybridized carbons (Fsp3) is 0.545. The van der Waals surface area contributed by atoms with E-state index in [-0.39, 0.29) is 0 Å². The van der Waals surface area contributed by atoms with Crippen LogP contribution in [-0.2, 0) is 9.84 Å². The van der Waals surface area contributed by atoms with E-state index in [1.54, 1.807) is 18.3 Å². The van der Waals surface area contributed by atoms with Gasteiger partial charge in [0.2, 0.25) is 0 Å². The molecule has 1 aromatic rings. The van der Waals surface area contributed by atoms with Gasteiger partial charge in [-0.2, -0.15) is 0 Å². The second kappa shape index (κ2) is 4.94. The summed E-state index contributed by atoms with van der Waals surface area (Å²) in [6.45, 7) is 1.67. The number of halogens is 1. The summed E-state index contributed by atoms with van der Waals surface area (Å²) in [5.41, 5.74) is 0. The van der Waals surface area contributed by atoms with E-state index in [0.29, 0.717) is 15.5 Å². The van der Waals surface area contributed by atoms with Gasteiger partial charge in [0, 0.05) is 30.4 Å².